The number of aromatic nitrogens is 2. The van der Waals surface area contributed by atoms with Gasteiger partial charge in [0.05, 0.1) is 11.1 Å². The van der Waals surface area contributed by atoms with E-state index in [2.05, 4.69) is 9.97 Å². The topological polar surface area (TPSA) is 45.8 Å². The van der Waals surface area contributed by atoms with Crippen molar-refractivity contribution < 1.29 is 13.2 Å². The first-order valence-corrected chi connectivity index (χ1v) is 5.12. The lowest BCUT2D eigenvalue weighted by Crippen LogP contribution is -2.15. The predicted octanol–water partition coefficient (Wildman–Crippen LogP) is 2.76. The van der Waals surface area contributed by atoms with Gasteiger partial charge in [-0.1, -0.05) is 18.2 Å². The van der Waals surface area contributed by atoms with Gasteiger partial charge in [0.25, 0.3) is 5.56 Å². The first kappa shape index (κ1) is 12.3. The predicted molar refractivity (Wildman–Crippen MR) is 60.0 cm³/mol. The van der Waals surface area contributed by atoms with E-state index in [1.165, 1.54) is 18.2 Å². The zero-order valence-corrected chi connectivity index (χ0v) is 9.38. The number of nitrogens with zero attached hydrogens (tertiary/aromatic N) is 1. The highest BCUT2D eigenvalue weighted by molar-refractivity contribution is 5.66. The molecule has 0 amide bonds. The molecule has 0 aliphatic carbocycles. The van der Waals surface area contributed by atoms with Crippen molar-refractivity contribution in [2.75, 3.05) is 0 Å². The third-order valence-electron chi connectivity index (χ3n) is 2.45. The van der Waals surface area contributed by atoms with Crippen LogP contribution < -0.4 is 5.56 Å². The van der Waals surface area contributed by atoms with Crippen LogP contribution in [0.15, 0.2) is 35.3 Å². The molecule has 18 heavy (non-hydrogen) atoms. The zero-order chi connectivity index (χ0) is 13.3. The summed E-state index contributed by atoms with van der Waals surface area (Å²) < 4.78 is 38.4. The van der Waals surface area contributed by atoms with Crippen molar-refractivity contribution in [3.05, 3.63) is 52.2 Å². The first-order chi connectivity index (χ1) is 8.39. The van der Waals surface area contributed by atoms with Gasteiger partial charge < -0.3 is 4.98 Å². The molecule has 94 valence electrons. The molecule has 1 heterocycles. The van der Waals surface area contributed by atoms with Crippen LogP contribution in [-0.4, -0.2) is 9.97 Å². The Morgan fingerprint density at radius 1 is 1.17 bits per heavy atom. The van der Waals surface area contributed by atoms with Crippen LogP contribution in [0, 0.1) is 6.92 Å². The summed E-state index contributed by atoms with van der Waals surface area (Å²) in [6, 6.07) is 4.92. The molecule has 2 rings (SSSR count). The molecular formula is C12H9F3N2O. The van der Waals surface area contributed by atoms with Gasteiger partial charge in [-0.15, -0.1) is 0 Å². The molecule has 1 N–H and O–H groups in total. The summed E-state index contributed by atoms with van der Waals surface area (Å²) in [5, 5.41) is 0. The average molecular weight is 254 g/mol. The molecule has 0 aliphatic rings. The molecule has 0 bridgehead atoms. The first-order valence-electron chi connectivity index (χ1n) is 5.12. The summed E-state index contributed by atoms with van der Waals surface area (Å²) in [7, 11) is 0. The molecule has 0 saturated carbocycles. The Kier molecular flexibility index (Phi) is 2.94. The van der Waals surface area contributed by atoms with Crippen molar-refractivity contribution in [2.45, 2.75) is 13.1 Å². The number of hydrogen-bond donors (Lipinski definition) is 1. The van der Waals surface area contributed by atoms with Gasteiger partial charge >= 0.3 is 6.18 Å². The van der Waals surface area contributed by atoms with Crippen LogP contribution in [0.5, 0.6) is 0 Å². The molecule has 0 saturated heterocycles. The maximum atomic E-state index is 12.8. The van der Waals surface area contributed by atoms with E-state index >= 15 is 0 Å². The fraction of sp³-hybridized carbons (Fsp3) is 0.167. The van der Waals surface area contributed by atoms with Crippen molar-refractivity contribution >= 4 is 0 Å². The standard InChI is InChI=1S/C12H9F3N2O/c1-7-16-6-9(11(18)17-7)8-4-2-3-5-10(8)12(13,14)15/h2-6H,1H3,(H,16,17,18). The smallest absolute Gasteiger partial charge is 0.310 e. The third-order valence-corrected chi connectivity index (χ3v) is 2.45. The Hall–Kier alpha value is -2.11. The number of aryl methyl sites for hydroxylation is 1. The van der Waals surface area contributed by atoms with E-state index in [0.717, 1.165) is 12.3 Å². The molecule has 2 aromatic rings. The Labute approximate surface area is 100 Å². The second-order valence-electron chi connectivity index (χ2n) is 3.75. The number of hydrogen-bond acceptors (Lipinski definition) is 2. The molecule has 1 aromatic heterocycles. The van der Waals surface area contributed by atoms with Crippen LogP contribution >= 0.6 is 0 Å². The number of benzene rings is 1. The fourth-order valence-electron chi connectivity index (χ4n) is 1.64. The van der Waals surface area contributed by atoms with E-state index in [-0.39, 0.29) is 11.1 Å². The summed E-state index contributed by atoms with van der Waals surface area (Å²) in [5.41, 5.74) is -1.69. The van der Waals surface area contributed by atoms with Crippen LogP contribution in [0.4, 0.5) is 13.2 Å². The lowest BCUT2D eigenvalue weighted by atomic mass is 10.0. The molecule has 3 nitrogen and oxygen atoms in total. The van der Waals surface area contributed by atoms with Crippen molar-refractivity contribution in [3.63, 3.8) is 0 Å². The van der Waals surface area contributed by atoms with E-state index < -0.39 is 17.3 Å². The van der Waals surface area contributed by atoms with Gasteiger partial charge in [-0.3, -0.25) is 4.79 Å². The highest BCUT2D eigenvalue weighted by atomic mass is 19.4. The molecule has 0 unspecified atom stereocenters. The quantitative estimate of drug-likeness (QED) is 0.850. The molecule has 0 spiro atoms. The van der Waals surface area contributed by atoms with Gasteiger partial charge in [0.2, 0.25) is 0 Å². The van der Waals surface area contributed by atoms with E-state index in [4.69, 9.17) is 0 Å². The Balaban J connectivity index is 2.69. The molecule has 1 aromatic carbocycles. The number of aromatic amines is 1. The van der Waals surface area contributed by atoms with E-state index in [0.29, 0.717) is 5.82 Å². The summed E-state index contributed by atoms with van der Waals surface area (Å²) in [6.07, 6.45) is -3.35. The SMILES string of the molecule is Cc1ncc(-c2ccccc2C(F)(F)F)c(=O)[nH]1. The number of halogens is 3. The number of H-pyrrole nitrogens is 1. The Bertz CT molecular complexity index is 632. The highest BCUT2D eigenvalue weighted by Crippen LogP contribution is 2.35. The molecule has 0 aliphatic heterocycles. The lowest BCUT2D eigenvalue weighted by molar-refractivity contribution is -0.137. The van der Waals surface area contributed by atoms with E-state index in [1.807, 2.05) is 0 Å². The maximum absolute atomic E-state index is 12.8. The molecular weight excluding hydrogens is 245 g/mol. The normalized spacial score (nSPS) is 11.6. The van der Waals surface area contributed by atoms with Crippen LogP contribution in [0.2, 0.25) is 0 Å². The van der Waals surface area contributed by atoms with Crippen LogP contribution in [-0.2, 0) is 6.18 Å². The average Bonchev–Trinajstić information content (AvgIpc) is 2.28. The summed E-state index contributed by atoms with van der Waals surface area (Å²) in [4.78, 5) is 17.9. The van der Waals surface area contributed by atoms with Crippen molar-refractivity contribution in [1.29, 1.82) is 0 Å². The van der Waals surface area contributed by atoms with E-state index in [1.54, 1.807) is 6.92 Å². The van der Waals surface area contributed by atoms with Gasteiger partial charge in [0.1, 0.15) is 5.82 Å². The minimum Gasteiger partial charge on any atom is -0.310 e. The zero-order valence-electron chi connectivity index (χ0n) is 9.38. The summed E-state index contributed by atoms with van der Waals surface area (Å²) >= 11 is 0. The van der Waals surface area contributed by atoms with Gasteiger partial charge in [-0.05, 0) is 13.0 Å². The monoisotopic (exact) mass is 254 g/mol. The van der Waals surface area contributed by atoms with E-state index in [9.17, 15) is 18.0 Å². The van der Waals surface area contributed by atoms with Crippen molar-refractivity contribution in [2.24, 2.45) is 0 Å². The Morgan fingerprint density at radius 2 is 1.83 bits per heavy atom. The number of rotatable bonds is 1. The molecule has 0 atom stereocenters. The highest BCUT2D eigenvalue weighted by Gasteiger charge is 2.33. The second kappa shape index (κ2) is 4.29. The minimum absolute atomic E-state index is 0.0893. The minimum atomic E-state index is -4.51. The summed E-state index contributed by atoms with van der Waals surface area (Å²) in [5.74, 6) is 0.355. The molecule has 0 radical (unpaired) electrons. The summed E-state index contributed by atoms with van der Waals surface area (Å²) in [6.45, 7) is 1.56. The van der Waals surface area contributed by atoms with Crippen molar-refractivity contribution in [1.82, 2.24) is 9.97 Å². The van der Waals surface area contributed by atoms with Crippen LogP contribution in [0.3, 0.4) is 0 Å². The largest absolute Gasteiger partial charge is 0.417 e. The van der Waals surface area contributed by atoms with Crippen LogP contribution in [0.25, 0.3) is 11.1 Å². The third kappa shape index (κ3) is 2.27. The van der Waals surface area contributed by atoms with Crippen LogP contribution in [0.1, 0.15) is 11.4 Å². The Morgan fingerprint density at radius 3 is 2.44 bits per heavy atom. The van der Waals surface area contributed by atoms with Gasteiger partial charge in [0, 0.05) is 11.8 Å². The van der Waals surface area contributed by atoms with Gasteiger partial charge in [0.15, 0.2) is 0 Å². The van der Waals surface area contributed by atoms with Crippen molar-refractivity contribution in [3.8, 4) is 11.1 Å². The lowest BCUT2D eigenvalue weighted by Gasteiger charge is -2.11. The van der Waals surface area contributed by atoms with Gasteiger partial charge in [-0.2, -0.15) is 13.2 Å². The van der Waals surface area contributed by atoms with Gasteiger partial charge in [-0.25, -0.2) is 4.98 Å². The number of nitrogens with one attached hydrogen (secondary N) is 1. The molecule has 0 fully saturated rings. The maximum Gasteiger partial charge on any atom is 0.417 e. The second-order valence-corrected chi connectivity index (χ2v) is 3.75. The fourth-order valence-corrected chi connectivity index (χ4v) is 1.64. The number of alkyl halides is 3. The molecule has 6 heteroatoms.